The molecule has 6 heteroatoms. The third-order valence-corrected chi connectivity index (χ3v) is 4.59. The van der Waals surface area contributed by atoms with Crippen LogP contribution in [0.5, 0.6) is 11.5 Å². The Bertz CT molecular complexity index is 833. The molecule has 0 aliphatic carbocycles. The predicted octanol–water partition coefficient (Wildman–Crippen LogP) is 3.68. The molecule has 1 heterocycles. The van der Waals surface area contributed by atoms with Gasteiger partial charge in [-0.15, -0.1) is 0 Å². The van der Waals surface area contributed by atoms with Crippen molar-refractivity contribution in [1.29, 1.82) is 0 Å². The second-order valence-corrected chi connectivity index (χ2v) is 6.18. The number of ether oxygens (including phenoxy) is 2. The molecule has 0 amide bonds. The first-order chi connectivity index (χ1) is 12.6. The fourth-order valence-electron chi connectivity index (χ4n) is 3.22. The fourth-order valence-corrected chi connectivity index (χ4v) is 3.22. The maximum Gasteiger partial charge on any atom is 0.276 e. The molecule has 136 valence electrons. The van der Waals surface area contributed by atoms with Gasteiger partial charge in [-0.25, -0.2) is 0 Å². The minimum atomic E-state index is -0.351. The standard InChI is InChI=1S/C20H22N2O4/c1-25-19-12-16-9-11-21(14-17(16)13-20(19)26-2)10-5-7-15-6-3-4-8-18(15)22(23)24/h3-8,12-13H,9-11,14H2,1-2H3. The molecule has 0 N–H and O–H groups in total. The third kappa shape index (κ3) is 3.86. The number of benzene rings is 2. The predicted molar refractivity (Wildman–Crippen MR) is 101 cm³/mol. The molecule has 0 saturated heterocycles. The molecule has 0 saturated carbocycles. The number of fused-ring (bicyclic) bond motifs is 1. The van der Waals surface area contributed by atoms with Gasteiger partial charge in [-0.05, 0) is 35.7 Å². The molecule has 6 nitrogen and oxygen atoms in total. The number of para-hydroxylation sites is 1. The first-order valence-corrected chi connectivity index (χ1v) is 8.48. The van der Waals surface area contributed by atoms with E-state index in [9.17, 15) is 10.1 Å². The van der Waals surface area contributed by atoms with E-state index < -0.39 is 0 Å². The van der Waals surface area contributed by atoms with Gasteiger partial charge in [0.2, 0.25) is 0 Å². The highest BCUT2D eigenvalue weighted by atomic mass is 16.6. The topological polar surface area (TPSA) is 64.8 Å². The minimum absolute atomic E-state index is 0.129. The van der Waals surface area contributed by atoms with E-state index in [-0.39, 0.29) is 10.6 Å². The molecule has 26 heavy (non-hydrogen) atoms. The Labute approximate surface area is 152 Å². The van der Waals surface area contributed by atoms with Crippen molar-refractivity contribution < 1.29 is 14.4 Å². The van der Waals surface area contributed by atoms with E-state index >= 15 is 0 Å². The summed E-state index contributed by atoms with van der Waals surface area (Å²) in [6.07, 6.45) is 4.74. The third-order valence-electron chi connectivity index (χ3n) is 4.59. The van der Waals surface area contributed by atoms with Gasteiger partial charge in [0, 0.05) is 25.7 Å². The van der Waals surface area contributed by atoms with Gasteiger partial charge < -0.3 is 9.47 Å². The summed E-state index contributed by atoms with van der Waals surface area (Å²) in [4.78, 5) is 13.0. The SMILES string of the molecule is COc1cc2c(cc1OC)CN(CC=Cc1ccccc1[N+](=O)[O-])CC2. The first-order valence-electron chi connectivity index (χ1n) is 8.48. The second kappa shape index (κ2) is 8.01. The molecular formula is C20H22N2O4. The average Bonchev–Trinajstić information content (AvgIpc) is 2.67. The van der Waals surface area contributed by atoms with Crippen LogP contribution in [0.2, 0.25) is 0 Å². The zero-order chi connectivity index (χ0) is 18.5. The van der Waals surface area contributed by atoms with Crippen LogP contribution in [0.15, 0.2) is 42.5 Å². The van der Waals surface area contributed by atoms with Crippen molar-refractivity contribution in [2.24, 2.45) is 0 Å². The molecule has 0 radical (unpaired) electrons. The Balaban J connectivity index is 1.69. The number of nitro groups is 1. The van der Waals surface area contributed by atoms with Gasteiger partial charge in [-0.3, -0.25) is 15.0 Å². The van der Waals surface area contributed by atoms with Crippen LogP contribution >= 0.6 is 0 Å². The highest BCUT2D eigenvalue weighted by Gasteiger charge is 2.18. The van der Waals surface area contributed by atoms with Crippen molar-refractivity contribution in [3.63, 3.8) is 0 Å². The maximum atomic E-state index is 11.1. The number of hydrogen-bond donors (Lipinski definition) is 0. The molecule has 0 bridgehead atoms. The lowest BCUT2D eigenvalue weighted by Crippen LogP contribution is -2.30. The fraction of sp³-hybridized carbons (Fsp3) is 0.300. The zero-order valence-electron chi connectivity index (χ0n) is 15.0. The number of methoxy groups -OCH3 is 2. The summed E-state index contributed by atoms with van der Waals surface area (Å²) < 4.78 is 10.8. The molecule has 2 aromatic rings. The minimum Gasteiger partial charge on any atom is -0.493 e. The summed E-state index contributed by atoms with van der Waals surface area (Å²) in [5, 5.41) is 11.1. The largest absolute Gasteiger partial charge is 0.493 e. The smallest absolute Gasteiger partial charge is 0.276 e. The van der Waals surface area contributed by atoms with E-state index in [4.69, 9.17) is 9.47 Å². The van der Waals surface area contributed by atoms with E-state index in [1.165, 1.54) is 17.2 Å². The number of rotatable bonds is 6. The van der Waals surface area contributed by atoms with Crippen LogP contribution in [0.3, 0.4) is 0 Å². The van der Waals surface area contributed by atoms with Gasteiger partial charge >= 0.3 is 0 Å². The van der Waals surface area contributed by atoms with Crippen molar-refractivity contribution in [1.82, 2.24) is 4.90 Å². The van der Waals surface area contributed by atoms with Gasteiger partial charge in [0.1, 0.15) is 0 Å². The van der Waals surface area contributed by atoms with E-state index in [1.54, 1.807) is 26.4 Å². The Kier molecular flexibility index (Phi) is 5.53. The van der Waals surface area contributed by atoms with Gasteiger partial charge in [-0.2, -0.15) is 0 Å². The first kappa shape index (κ1) is 17.9. The van der Waals surface area contributed by atoms with Gasteiger partial charge in [-0.1, -0.05) is 24.3 Å². The lowest BCUT2D eigenvalue weighted by molar-refractivity contribution is -0.385. The van der Waals surface area contributed by atoms with Crippen LogP contribution in [0.25, 0.3) is 6.08 Å². The normalized spacial score (nSPS) is 14.2. The molecule has 0 spiro atoms. The highest BCUT2D eigenvalue weighted by Crippen LogP contribution is 2.33. The number of nitro benzene ring substituents is 1. The molecule has 0 aromatic heterocycles. The van der Waals surface area contributed by atoms with Crippen LogP contribution in [-0.4, -0.2) is 37.1 Å². The maximum absolute atomic E-state index is 11.1. The van der Waals surface area contributed by atoms with Crippen molar-refractivity contribution >= 4 is 11.8 Å². The summed E-state index contributed by atoms with van der Waals surface area (Å²) in [5.41, 5.74) is 3.26. The zero-order valence-corrected chi connectivity index (χ0v) is 15.0. The van der Waals surface area contributed by atoms with E-state index in [0.717, 1.165) is 37.6 Å². The molecular weight excluding hydrogens is 332 g/mol. The number of hydrogen-bond acceptors (Lipinski definition) is 5. The number of nitrogens with zero attached hydrogens (tertiary/aromatic N) is 2. The van der Waals surface area contributed by atoms with Gasteiger partial charge in [0.15, 0.2) is 11.5 Å². The molecule has 0 unspecified atom stereocenters. The lowest BCUT2D eigenvalue weighted by Gasteiger charge is -2.28. The Hall–Kier alpha value is -2.86. The van der Waals surface area contributed by atoms with Gasteiger partial charge in [0.05, 0.1) is 24.7 Å². The van der Waals surface area contributed by atoms with Crippen LogP contribution in [0.1, 0.15) is 16.7 Å². The van der Waals surface area contributed by atoms with Crippen LogP contribution in [0, 0.1) is 10.1 Å². The van der Waals surface area contributed by atoms with Crippen LogP contribution in [0.4, 0.5) is 5.69 Å². The Morgan fingerprint density at radius 3 is 2.54 bits per heavy atom. The molecule has 3 rings (SSSR count). The van der Waals surface area contributed by atoms with Crippen molar-refractivity contribution in [3.8, 4) is 11.5 Å². The summed E-state index contributed by atoms with van der Waals surface area (Å²) in [7, 11) is 3.29. The summed E-state index contributed by atoms with van der Waals surface area (Å²) in [6, 6.07) is 10.9. The lowest BCUT2D eigenvalue weighted by atomic mass is 9.99. The molecule has 1 aliphatic heterocycles. The van der Waals surface area contributed by atoms with E-state index in [1.807, 2.05) is 24.3 Å². The van der Waals surface area contributed by atoms with Crippen LogP contribution < -0.4 is 9.47 Å². The van der Waals surface area contributed by atoms with E-state index in [2.05, 4.69) is 11.0 Å². The summed E-state index contributed by atoms with van der Waals surface area (Å²) in [5.74, 6) is 1.50. The Morgan fingerprint density at radius 2 is 1.85 bits per heavy atom. The monoisotopic (exact) mass is 354 g/mol. The molecule has 1 aliphatic rings. The highest BCUT2D eigenvalue weighted by molar-refractivity contribution is 5.60. The summed E-state index contributed by atoms with van der Waals surface area (Å²) in [6.45, 7) is 2.49. The van der Waals surface area contributed by atoms with E-state index in [0.29, 0.717) is 5.56 Å². The second-order valence-electron chi connectivity index (χ2n) is 6.18. The van der Waals surface area contributed by atoms with Crippen molar-refractivity contribution in [3.05, 3.63) is 69.3 Å². The molecule has 2 aromatic carbocycles. The Morgan fingerprint density at radius 1 is 1.15 bits per heavy atom. The molecule has 0 fully saturated rings. The summed E-state index contributed by atoms with van der Waals surface area (Å²) >= 11 is 0. The van der Waals surface area contributed by atoms with Crippen molar-refractivity contribution in [2.45, 2.75) is 13.0 Å². The van der Waals surface area contributed by atoms with Gasteiger partial charge in [0.25, 0.3) is 5.69 Å². The molecule has 0 atom stereocenters. The van der Waals surface area contributed by atoms with Crippen LogP contribution in [-0.2, 0) is 13.0 Å². The quantitative estimate of drug-likeness (QED) is 0.585. The average molecular weight is 354 g/mol. The van der Waals surface area contributed by atoms with Crippen molar-refractivity contribution in [2.75, 3.05) is 27.3 Å².